The molecule has 18 heavy (non-hydrogen) atoms. The molecule has 0 saturated carbocycles. The van der Waals surface area contributed by atoms with Gasteiger partial charge >= 0.3 is 0 Å². The standard InChI is InChI=1S/C11H21NO2.2C2H6/c1-3-4-5-9-12-11(14)8-6-7-10(2)13;2*1-2/h3-9H2,1-2H3,(H,12,14);2*1-2H3. The zero-order valence-corrected chi connectivity index (χ0v) is 13.3. The highest BCUT2D eigenvalue weighted by molar-refractivity contribution is 5.78. The third-order valence-corrected chi connectivity index (χ3v) is 2.04. The zero-order chi connectivity index (χ0) is 14.8. The minimum Gasteiger partial charge on any atom is -0.356 e. The van der Waals surface area contributed by atoms with Crippen molar-refractivity contribution in [2.75, 3.05) is 6.54 Å². The summed E-state index contributed by atoms with van der Waals surface area (Å²) in [5, 5.41) is 2.84. The summed E-state index contributed by atoms with van der Waals surface area (Å²) in [6.07, 6.45) is 5.05. The van der Waals surface area contributed by atoms with Crippen LogP contribution in [0.5, 0.6) is 0 Å². The molecule has 0 aliphatic rings. The van der Waals surface area contributed by atoms with Crippen molar-refractivity contribution in [3.63, 3.8) is 0 Å². The molecule has 0 aromatic rings. The van der Waals surface area contributed by atoms with E-state index in [-0.39, 0.29) is 11.7 Å². The fraction of sp³-hybridized carbons (Fsp3) is 0.867. The van der Waals surface area contributed by atoms with Crippen molar-refractivity contribution in [1.82, 2.24) is 5.32 Å². The Morgan fingerprint density at radius 1 is 0.889 bits per heavy atom. The van der Waals surface area contributed by atoms with Gasteiger partial charge in [0.05, 0.1) is 0 Å². The maximum absolute atomic E-state index is 11.2. The molecule has 1 amide bonds. The van der Waals surface area contributed by atoms with E-state index in [4.69, 9.17) is 0 Å². The van der Waals surface area contributed by atoms with Crippen LogP contribution in [-0.2, 0) is 9.59 Å². The quantitative estimate of drug-likeness (QED) is 0.667. The molecule has 0 spiro atoms. The van der Waals surface area contributed by atoms with Gasteiger partial charge in [0.15, 0.2) is 0 Å². The lowest BCUT2D eigenvalue weighted by Gasteiger charge is -2.03. The number of carbonyl (C=O) groups excluding carboxylic acids is 2. The van der Waals surface area contributed by atoms with Crippen molar-refractivity contribution < 1.29 is 9.59 Å². The number of hydrogen-bond donors (Lipinski definition) is 1. The van der Waals surface area contributed by atoms with Gasteiger partial charge in [-0.1, -0.05) is 47.5 Å². The van der Waals surface area contributed by atoms with E-state index in [1.807, 2.05) is 27.7 Å². The second-order valence-corrected chi connectivity index (χ2v) is 3.61. The van der Waals surface area contributed by atoms with Gasteiger partial charge in [-0.2, -0.15) is 0 Å². The molecule has 3 heteroatoms. The number of amides is 1. The Kier molecular flexibility index (Phi) is 26.6. The van der Waals surface area contributed by atoms with Gasteiger partial charge in [-0.05, 0) is 19.8 Å². The third-order valence-electron chi connectivity index (χ3n) is 2.04. The van der Waals surface area contributed by atoms with Gasteiger partial charge in [-0.15, -0.1) is 0 Å². The first-order valence-electron chi connectivity index (χ1n) is 7.43. The van der Waals surface area contributed by atoms with Crippen molar-refractivity contribution in [3.05, 3.63) is 0 Å². The van der Waals surface area contributed by atoms with Crippen LogP contribution >= 0.6 is 0 Å². The highest BCUT2D eigenvalue weighted by atomic mass is 16.1. The Balaban J connectivity index is -0.000000506. The first-order valence-corrected chi connectivity index (χ1v) is 7.43. The zero-order valence-electron chi connectivity index (χ0n) is 13.3. The summed E-state index contributed by atoms with van der Waals surface area (Å²) in [5.74, 6) is 0.228. The summed E-state index contributed by atoms with van der Waals surface area (Å²) >= 11 is 0. The second kappa shape index (κ2) is 21.4. The van der Waals surface area contributed by atoms with E-state index in [0.717, 1.165) is 19.4 Å². The van der Waals surface area contributed by atoms with E-state index in [0.29, 0.717) is 19.3 Å². The number of rotatable bonds is 8. The molecule has 0 aliphatic carbocycles. The molecule has 0 aromatic heterocycles. The van der Waals surface area contributed by atoms with Crippen molar-refractivity contribution in [2.45, 2.75) is 80.1 Å². The molecule has 1 N–H and O–H groups in total. The Morgan fingerprint density at radius 3 is 1.89 bits per heavy atom. The predicted molar refractivity (Wildman–Crippen MR) is 79.8 cm³/mol. The topological polar surface area (TPSA) is 46.2 Å². The molecule has 110 valence electrons. The smallest absolute Gasteiger partial charge is 0.220 e. The van der Waals surface area contributed by atoms with E-state index in [9.17, 15) is 9.59 Å². The number of hydrogen-bond acceptors (Lipinski definition) is 2. The molecular weight excluding hydrogens is 226 g/mol. The summed E-state index contributed by atoms with van der Waals surface area (Å²) in [5.41, 5.74) is 0. The van der Waals surface area contributed by atoms with Crippen LogP contribution in [0.15, 0.2) is 0 Å². The SMILES string of the molecule is CC.CC.CCCCCNC(=O)CCCC(C)=O. The van der Waals surface area contributed by atoms with Crippen molar-refractivity contribution in [2.24, 2.45) is 0 Å². The minimum atomic E-state index is 0.0716. The molecule has 0 fully saturated rings. The summed E-state index contributed by atoms with van der Waals surface area (Å²) in [4.78, 5) is 21.8. The predicted octanol–water partition coefficient (Wildman–Crippen LogP) is 4.10. The van der Waals surface area contributed by atoms with Crippen LogP contribution in [0.3, 0.4) is 0 Å². The minimum absolute atomic E-state index is 0.0716. The van der Waals surface area contributed by atoms with Gasteiger partial charge in [-0.25, -0.2) is 0 Å². The van der Waals surface area contributed by atoms with E-state index >= 15 is 0 Å². The Hall–Kier alpha value is -0.860. The van der Waals surface area contributed by atoms with Crippen molar-refractivity contribution in [1.29, 1.82) is 0 Å². The van der Waals surface area contributed by atoms with Crippen LogP contribution in [0.25, 0.3) is 0 Å². The van der Waals surface area contributed by atoms with Crippen LogP contribution in [0.4, 0.5) is 0 Å². The van der Waals surface area contributed by atoms with Gasteiger partial charge in [0, 0.05) is 19.4 Å². The Bertz CT molecular complexity index is 179. The highest BCUT2D eigenvalue weighted by Crippen LogP contribution is 1.96. The van der Waals surface area contributed by atoms with Crippen LogP contribution < -0.4 is 5.32 Å². The van der Waals surface area contributed by atoms with Crippen molar-refractivity contribution in [3.8, 4) is 0 Å². The highest BCUT2D eigenvalue weighted by Gasteiger charge is 2.01. The maximum atomic E-state index is 11.2. The van der Waals surface area contributed by atoms with E-state index < -0.39 is 0 Å². The average Bonchev–Trinajstić information content (AvgIpc) is 2.39. The molecule has 0 bridgehead atoms. The summed E-state index contributed by atoms with van der Waals surface area (Å²) in [6.45, 7) is 12.5. The van der Waals surface area contributed by atoms with Gasteiger partial charge in [0.1, 0.15) is 5.78 Å². The normalized spacial score (nSPS) is 8.33. The number of nitrogens with one attached hydrogen (secondary N) is 1. The monoisotopic (exact) mass is 259 g/mol. The fourth-order valence-electron chi connectivity index (χ4n) is 1.19. The van der Waals surface area contributed by atoms with Gasteiger partial charge < -0.3 is 10.1 Å². The first-order chi connectivity index (χ1) is 8.66. The number of Topliss-reactive ketones (excluding diaryl/α,β-unsaturated/α-hetero) is 1. The molecule has 0 heterocycles. The lowest BCUT2D eigenvalue weighted by Crippen LogP contribution is -2.24. The molecule has 3 nitrogen and oxygen atoms in total. The van der Waals surface area contributed by atoms with Crippen LogP contribution in [0, 0.1) is 0 Å². The molecule has 0 saturated heterocycles. The summed E-state index contributed by atoms with van der Waals surface area (Å²) in [6, 6.07) is 0. The van der Waals surface area contributed by atoms with E-state index in [2.05, 4.69) is 12.2 Å². The van der Waals surface area contributed by atoms with Gasteiger partial charge in [0.25, 0.3) is 0 Å². The van der Waals surface area contributed by atoms with Crippen LogP contribution in [0.1, 0.15) is 80.1 Å². The van der Waals surface area contributed by atoms with Crippen LogP contribution in [0.2, 0.25) is 0 Å². The molecule has 0 radical (unpaired) electrons. The molecule has 0 aliphatic heterocycles. The molecule has 0 unspecified atom stereocenters. The molecule has 0 atom stereocenters. The lowest BCUT2D eigenvalue weighted by atomic mass is 10.2. The van der Waals surface area contributed by atoms with E-state index in [1.165, 1.54) is 6.42 Å². The van der Waals surface area contributed by atoms with E-state index in [1.54, 1.807) is 6.92 Å². The fourth-order valence-corrected chi connectivity index (χ4v) is 1.19. The average molecular weight is 259 g/mol. The van der Waals surface area contributed by atoms with Crippen LogP contribution in [-0.4, -0.2) is 18.2 Å². The third kappa shape index (κ3) is 24.4. The second-order valence-electron chi connectivity index (χ2n) is 3.61. The molecular formula is C15H33NO2. The lowest BCUT2D eigenvalue weighted by molar-refractivity contribution is -0.121. The Labute approximate surface area is 114 Å². The van der Waals surface area contributed by atoms with Gasteiger partial charge in [0.2, 0.25) is 5.91 Å². The maximum Gasteiger partial charge on any atom is 0.220 e. The molecule has 0 rings (SSSR count). The number of unbranched alkanes of at least 4 members (excludes halogenated alkanes) is 2. The number of carbonyl (C=O) groups is 2. The Morgan fingerprint density at radius 2 is 1.44 bits per heavy atom. The number of ketones is 1. The van der Waals surface area contributed by atoms with Gasteiger partial charge in [-0.3, -0.25) is 4.79 Å². The summed E-state index contributed by atoms with van der Waals surface area (Å²) < 4.78 is 0. The van der Waals surface area contributed by atoms with Crippen molar-refractivity contribution >= 4 is 11.7 Å². The first kappa shape index (κ1) is 22.3. The largest absolute Gasteiger partial charge is 0.356 e. The molecule has 0 aromatic carbocycles. The summed E-state index contributed by atoms with van der Waals surface area (Å²) in [7, 11) is 0.